The fourth-order valence-electron chi connectivity index (χ4n) is 4.91. The summed E-state index contributed by atoms with van der Waals surface area (Å²) in [6.45, 7) is 2.35. The number of rotatable bonds is 7. The summed E-state index contributed by atoms with van der Waals surface area (Å²) in [4.78, 5) is 40.7. The Bertz CT molecular complexity index is 1090. The summed E-state index contributed by atoms with van der Waals surface area (Å²) in [5.41, 5.74) is 0.379. The van der Waals surface area contributed by atoms with Crippen molar-refractivity contribution in [1.82, 2.24) is 25.3 Å². The molecule has 9 heteroatoms. The zero-order valence-corrected chi connectivity index (χ0v) is 20.8. The average Bonchev–Trinajstić information content (AvgIpc) is 3.11. The summed E-state index contributed by atoms with van der Waals surface area (Å²) in [6, 6.07) is 9.29. The van der Waals surface area contributed by atoms with Gasteiger partial charge in [-0.2, -0.15) is 5.10 Å². The molecule has 1 saturated carbocycles. The van der Waals surface area contributed by atoms with E-state index in [9.17, 15) is 14.4 Å². The molecule has 0 spiro atoms. The van der Waals surface area contributed by atoms with Gasteiger partial charge in [-0.1, -0.05) is 43.9 Å². The Morgan fingerprint density at radius 2 is 1.89 bits per heavy atom. The SMILES string of the molecule is COc1ccccc1CCNC(=O)c1cc2n(n1)C[C@](C)(C(=O)NC1CCCCCC1)N(C)C2=O. The maximum Gasteiger partial charge on any atom is 0.272 e. The molecule has 1 fully saturated rings. The first-order valence-corrected chi connectivity index (χ1v) is 12.4. The van der Waals surface area contributed by atoms with Gasteiger partial charge in [-0.05, 0) is 37.8 Å². The number of carbonyl (C=O) groups excluding carboxylic acids is 3. The molecule has 1 aromatic heterocycles. The third-order valence-corrected chi connectivity index (χ3v) is 7.29. The molecule has 0 unspecified atom stereocenters. The van der Waals surface area contributed by atoms with Gasteiger partial charge in [0, 0.05) is 25.7 Å². The zero-order valence-electron chi connectivity index (χ0n) is 20.8. The van der Waals surface area contributed by atoms with Crippen LogP contribution < -0.4 is 15.4 Å². The summed E-state index contributed by atoms with van der Waals surface area (Å²) in [5.74, 6) is -0.0874. The number of carbonyl (C=O) groups is 3. The van der Waals surface area contributed by atoms with Crippen LogP contribution in [0.25, 0.3) is 0 Å². The Morgan fingerprint density at radius 3 is 2.60 bits per heavy atom. The van der Waals surface area contributed by atoms with Crippen molar-refractivity contribution < 1.29 is 19.1 Å². The normalized spacial score (nSPS) is 20.7. The van der Waals surface area contributed by atoms with E-state index in [4.69, 9.17) is 4.74 Å². The van der Waals surface area contributed by atoms with E-state index in [0.717, 1.165) is 37.0 Å². The van der Waals surface area contributed by atoms with E-state index in [1.54, 1.807) is 21.1 Å². The summed E-state index contributed by atoms with van der Waals surface area (Å²) in [7, 11) is 3.25. The highest BCUT2D eigenvalue weighted by Gasteiger charge is 2.46. The molecule has 0 saturated heterocycles. The van der Waals surface area contributed by atoms with Crippen LogP contribution in [0.5, 0.6) is 5.75 Å². The second kappa shape index (κ2) is 10.5. The first kappa shape index (κ1) is 24.8. The molecule has 3 amide bonds. The molecule has 0 radical (unpaired) electrons. The highest BCUT2D eigenvalue weighted by Crippen LogP contribution is 2.27. The second-order valence-corrected chi connectivity index (χ2v) is 9.69. The molecule has 2 aliphatic rings. The molecule has 1 aliphatic carbocycles. The Kier molecular flexibility index (Phi) is 7.42. The predicted octanol–water partition coefficient (Wildman–Crippen LogP) is 2.55. The number of hydrogen-bond donors (Lipinski definition) is 2. The Balaban J connectivity index is 1.42. The van der Waals surface area contributed by atoms with Gasteiger partial charge in [-0.3, -0.25) is 19.1 Å². The lowest BCUT2D eigenvalue weighted by molar-refractivity contribution is -0.133. The van der Waals surface area contributed by atoms with Crippen LogP contribution in [-0.2, 0) is 17.8 Å². The molecular formula is C26H35N5O4. The van der Waals surface area contributed by atoms with Crippen molar-refractivity contribution in [3.8, 4) is 5.75 Å². The van der Waals surface area contributed by atoms with Crippen molar-refractivity contribution >= 4 is 17.7 Å². The van der Waals surface area contributed by atoms with Gasteiger partial charge in [0.25, 0.3) is 11.8 Å². The van der Waals surface area contributed by atoms with Crippen LogP contribution in [0, 0.1) is 0 Å². The van der Waals surface area contributed by atoms with Crippen LogP contribution in [0.15, 0.2) is 30.3 Å². The van der Waals surface area contributed by atoms with Crippen molar-refractivity contribution in [2.75, 3.05) is 20.7 Å². The molecule has 188 valence electrons. The minimum atomic E-state index is -1.08. The number of hydrogen-bond acceptors (Lipinski definition) is 5. The highest BCUT2D eigenvalue weighted by molar-refractivity contribution is 6.01. The van der Waals surface area contributed by atoms with Gasteiger partial charge in [0.1, 0.15) is 17.0 Å². The van der Waals surface area contributed by atoms with E-state index >= 15 is 0 Å². The number of nitrogens with one attached hydrogen (secondary N) is 2. The van der Waals surface area contributed by atoms with Crippen LogP contribution in [-0.4, -0.2) is 64.7 Å². The molecule has 35 heavy (non-hydrogen) atoms. The van der Waals surface area contributed by atoms with Gasteiger partial charge >= 0.3 is 0 Å². The molecule has 2 heterocycles. The smallest absolute Gasteiger partial charge is 0.272 e. The van der Waals surface area contributed by atoms with Gasteiger partial charge in [-0.15, -0.1) is 0 Å². The molecule has 2 aromatic rings. The maximum absolute atomic E-state index is 13.3. The van der Waals surface area contributed by atoms with Crippen molar-refractivity contribution in [2.24, 2.45) is 0 Å². The van der Waals surface area contributed by atoms with Gasteiger partial charge in [0.05, 0.1) is 13.7 Å². The number of nitrogens with zero attached hydrogens (tertiary/aromatic N) is 3. The van der Waals surface area contributed by atoms with Crippen molar-refractivity contribution in [2.45, 2.75) is 70.0 Å². The van der Waals surface area contributed by atoms with Gasteiger partial charge < -0.3 is 20.3 Å². The number of methoxy groups -OCH3 is 1. The van der Waals surface area contributed by atoms with Gasteiger partial charge in [0.15, 0.2) is 5.69 Å². The summed E-state index contributed by atoms with van der Waals surface area (Å²) in [6.07, 6.45) is 7.14. The Labute approximate surface area is 206 Å². The number of ether oxygens (including phenoxy) is 1. The van der Waals surface area contributed by atoms with Gasteiger partial charge in [-0.25, -0.2) is 0 Å². The number of amides is 3. The molecule has 0 bridgehead atoms. The fraction of sp³-hybridized carbons (Fsp3) is 0.538. The Morgan fingerprint density at radius 1 is 1.17 bits per heavy atom. The van der Waals surface area contributed by atoms with E-state index in [1.807, 2.05) is 24.3 Å². The first-order valence-electron chi connectivity index (χ1n) is 12.4. The third-order valence-electron chi connectivity index (χ3n) is 7.29. The Hall–Kier alpha value is -3.36. The standard InChI is InChI=1S/C26H35N5O4/c1-26(25(34)28-19-11-6-4-5-7-12-19)17-31-21(24(33)30(26)2)16-20(29-31)23(32)27-15-14-18-10-8-9-13-22(18)35-3/h8-10,13,16,19H,4-7,11-12,14-15,17H2,1-3H3,(H,27,32)(H,28,34)/t26-/m1/s1. The van der Waals surface area contributed by atoms with E-state index in [0.29, 0.717) is 18.7 Å². The lowest BCUT2D eigenvalue weighted by Crippen LogP contribution is -2.63. The number of para-hydroxylation sites is 1. The molecule has 1 aromatic carbocycles. The van der Waals surface area contributed by atoms with Crippen molar-refractivity contribution in [1.29, 1.82) is 0 Å². The van der Waals surface area contributed by atoms with Crippen LogP contribution in [0.3, 0.4) is 0 Å². The third kappa shape index (κ3) is 5.18. The molecule has 1 atom stereocenters. The number of benzene rings is 1. The summed E-state index contributed by atoms with van der Waals surface area (Å²) in [5, 5.41) is 10.4. The van der Waals surface area contributed by atoms with E-state index in [1.165, 1.54) is 28.5 Å². The van der Waals surface area contributed by atoms with Gasteiger partial charge in [0.2, 0.25) is 5.91 Å². The lowest BCUT2D eigenvalue weighted by atomic mass is 9.95. The highest BCUT2D eigenvalue weighted by atomic mass is 16.5. The monoisotopic (exact) mass is 481 g/mol. The van der Waals surface area contributed by atoms with E-state index in [-0.39, 0.29) is 36.0 Å². The number of likely N-dealkylation sites (N-methyl/N-ethyl adjacent to an activating group) is 1. The molecule has 4 rings (SSSR count). The number of aromatic nitrogens is 2. The minimum Gasteiger partial charge on any atom is -0.496 e. The number of fused-ring (bicyclic) bond motifs is 1. The lowest BCUT2D eigenvalue weighted by Gasteiger charge is -2.41. The van der Waals surface area contributed by atoms with Crippen molar-refractivity contribution in [3.05, 3.63) is 47.3 Å². The average molecular weight is 482 g/mol. The van der Waals surface area contributed by atoms with Crippen LogP contribution in [0.4, 0.5) is 0 Å². The van der Waals surface area contributed by atoms with Crippen LogP contribution >= 0.6 is 0 Å². The fourth-order valence-corrected chi connectivity index (χ4v) is 4.91. The largest absolute Gasteiger partial charge is 0.496 e. The molecule has 1 aliphatic heterocycles. The summed E-state index contributed by atoms with van der Waals surface area (Å²) >= 11 is 0. The molecular weight excluding hydrogens is 446 g/mol. The van der Waals surface area contributed by atoms with Crippen LogP contribution in [0.1, 0.15) is 72.0 Å². The molecule has 2 N–H and O–H groups in total. The quantitative estimate of drug-likeness (QED) is 0.592. The maximum atomic E-state index is 13.3. The minimum absolute atomic E-state index is 0.133. The first-order chi connectivity index (χ1) is 16.8. The van der Waals surface area contributed by atoms with E-state index in [2.05, 4.69) is 15.7 Å². The second-order valence-electron chi connectivity index (χ2n) is 9.69. The summed E-state index contributed by atoms with van der Waals surface area (Å²) < 4.78 is 6.84. The zero-order chi connectivity index (χ0) is 25.0. The van der Waals surface area contributed by atoms with E-state index < -0.39 is 5.54 Å². The van der Waals surface area contributed by atoms with Crippen molar-refractivity contribution in [3.63, 3.8) is 0 Å². The predicted molar refractivity (Wildman–Crippen MR) is 131 cm³/mol. The topological polar surface area (TPSA) is 106 Å². The molecule has 9 nitrogen and oxygen atoms in total. The van der Waals surface area contributed by atoms with Crippen LogP contribution in [0.2, 0.25) is 0 Å².